The average molecular weight is 506 g/mol. The molecule has 1 aromatic rings. The highest BCUT2D eigenvalue weighted by molar-refractivity contribution is 5.90. The van der Waals surface area contributed by atoms with E-state index in [0.29, 0.717) is 25.3 Å². The summed E-state index contributed by atoms with van der Waals surface area (Å²) < 4.78 is 0. The molecule has 0 saturated carbocycles. The van der Waals surface area contributed by atoms with Gasteiger partial charge in [0.05, 0.1) is 18.6 Å². The zero-order valence-corrected chi connectivity index (χ0v) is 22.3. The van der Waals surface area contributed by atoms with Crippen LogP contribution in [0.3, 0.4) is 0 Å². The van der Waals surface area contributed by atoms with E-state index in [2.05, 4.69) is 16.0 Å². The van der Waals surface area contributed by atoms with Gasteiger partial charge in [0.15, 0.2) is 0 Å². The molecule has 3 amide bonds. The van der Waals surface area contributed by atoms with Gasteiger partial charge in [-0.3, -0.25) is 14.4 Å². The minimum Gasteiger partial charge on any atom is -0.480 e. The Hall–Kier alpha value is -2.94. The maximum atomic E-state index is 12.8. The topological polar surface area (TPSA) is 145 Å². The van der Waals surface area contributed by atoms with Crippen molar-refractivity contribution in [3.63, 3.8) is 0 Å². The third-order valence-corrected chi connectivity index (χ3v) is 5.86. The molecule has 0 saturated heterocycles. The van der Waals surface area contributed by atoms with Crippen LogP contribution >= 0.6 is 0 Å². The lowest BCUT2D eigenvalue weighted by atomic mass is 9.91. The van der Waals surface area contributed by atoms with E-state index in [0.717, 1.165) is 5.56 Å². The van der Waals surface area contributed by atoms with Crippen molar-refractivity contribution in [2.45, 2.75) is 85.4 Å². The van der Waals surface area contributed by atoms with E-state index in [-0.39, 0.29) is 12.3 Å². The van der Waals surface area contributed by atoms with Crippen LogP contribution in [0, 0.1) is 17.3 Å². The lowest BCUT2D eigenvalue weighted by molar-refractivity contribution is -0.145. The van der Waals surface area contributed by atoms with E-state index >= 15 is 0 Å². The minimum atomic E-state index is -1.41. The Kier molecular flexibility index (Phi) is 12.6. The predicted octanol–water partition coefficient (Wildman–Crippen LogP) is 2.27. The molecule has 5 N–H and O–H groups in total. The fourth-order valence-corrected chi connectivity index (χ4v) is 3.54. The molecule has 4 atom stereocenters. The molecule has 0 heterocycles. The van der Waals surface area contributed by atoms with Gasteiger partial charge < -0.3 is 26.2 Å². The number of rotatable bonds is 14. The van der Waals surface area contributed by atoms with Crippen LogP contribution in [0.1, 0.15) is 66.4 Å². The van der Waals surface area contributed by atoms with E-state index in [1.165, 1.54) is 0 Å². The van der Waals surface area contributed by atoms with E-state index in [1.807, 2.05) is 51.1 Å². The van der Waals surface area contributed by atoms with Crippen molar-refractivity contribution < 1.29 is 29.4 Å². The zero-order valence-electron chi connectivity index (χ0n) is 22.3. The molecule has 0 aromatic heterocycles. The highest BCUT2D eigenvalue weighted by Gasteiger charge is 2.31. The second-order valence-corrected chi connectivity index (χ2v) is 10.7. The number of benzene rings is 1. The summed E-state index contributed by atoms with van der Waals surface area (Å²) in [6.45, 7) is 11.3. The lowest BCUT2D eigenvalue weighted by Crippen LogP contribution is -2.51. The first-order valence-electron chi connectivity index (χ1n) is 12.6. The van der Waals surface area contributed by atoms with Crippen LogP contribution < -0.4 is 16.0 Å². The van der Waals surface area contributed by atoms with Gasteiger partial charge in [0.2, 0.25) is 17.7 Å². The van der Waals surface area contributed by atoms with Crippen molar-refractivity contribution in [3.8, 4) is 0 Å². The van der Waals surface area contributed by atoms with Gasteiger partial charge in [-0.2, -0.15) is 0 Å². The molecular formula is C27H43N3O6. The van der Waals surface area contributed by atoms with Gasteiger partial charge in [0.25, 0.3) is 0 Å². The van der Waals surface area contributed by atoms with E-state index in [1.54, 1.807) is 20.8 Å². The first kappa shape index (κ1) is 31.1. The fraction of sp³-hybridized carbons (Fsp3) is 0.630. The smallest absolute Gasteiger partial charge is 0.326 e. The molecule has 0 fully saturated rings. The number of amides is 3. The quantitative estimate of drug-likeness (QED) is 0.262. The molecule has 0 spiro atoms. The summed E-state index contributed by atoms with van der Waals surface area (Å²) in [4.78, 5) is 49.4. The highest BCUT2D eigenvalue weighted by atomic mass is 16.4. The number of aliphatic hydroxyl groups excluding tert-OH is 1. The van der Waals surface area contributed by atoms with Gasteiger partial charge in [0.1, 0.15) is 6.04 Å². The first-order valence-corrected chi connectivity index (χ1v) is 12.6. The normalized spacial score (nSPS) is 14.9. The van der Waals surface area contributed by atoms with Crippen LogP contribution in [0.15, 0.2) is 30.3 Å². The highest BCUT2D eigenvalue weighted by Crippen LogP contribution is 2.18. The van der Waals surface area contributed by atoms with Crippen LogP contribution in [0.4, 0.5) is 0 Å². The van der Waals surface area contributed by atoms with Crippen molar-refractivity contribution in [2.75, 3.05) is 6.54 Å². The Morgan fingerprint density at radius 3 is 2.11 bits per heavy atom. The number of carboxylic acid groups (broad SMARTS) is 1. The monoisotopic (exact) mass is 505 g/mol. The minimum absolute atomic E-state index is 0.140. The molecule has 9 nitrogen and oxygen atoms in total. The number of nitrogens with one attached hydrogen (secondary N) is 3. The summed E-state index contributed by atoms with van der Waals surface area (Å²) in [6, 6.07) is 7.12. The summed E-state index contributed by atoms with van der Waals surface area (Å²) in [5.74, 6) is -2.72. The molecule has 9 heteroatoms. The van der Waals surface area contributed by atoms with E-state index in [9.17, 15) is 29.4 Å². The maximum absolute atomic E-state index is 12.8. The van der Waals surface area contributed by atoms with Crippen LogP contribution in [0.25, 0.3) is 0 Å². The molecule has 0 aliphatic carbocycles. The third kappa shape index (κ3) is 11.2. The summed E-state index contributed by atoms with van der Waals surface area (Å²) in [7, 11) is 0. The first-order chi connectivity index (χ1) is 16.7. The Balaban J connectivity index is 2.98. The summed E-state index contributed by atoms with van der Waals surface area (Å²) in [5, 5.41) is 28.6. The molecule has 36 heavy (non-hydrogen) atoms. The largest absolute Gasteiger partial charge is 0.480 e. The van der Waals surface area contributed by atoms with Crippen LogP contribution in [-0.4, -0.2) is 58.6 Å². The average Bonchev–Trinajstić information content (AvgIpc) is 2.79. The fourth-order valence-electron chi connectivity index (χ4n) is 3.54. The standard InChI is InChI=1S/C27H43N3O6/c1-7-19(24(33)28-16-17(2)3)14-22(31)20(13-18-11-9-8-10-12-18)29-23(32)15-21(25(34)35)30-26(36)27(4,5)6/h8-12,17,19-22,31H,7,13-16H2,1-6H3,(H,28,33)(H,29,32)(H,30,36)(H,34,35)/t19-,20+,21+,22+/m1/s1. The number of aliphatic hydroxyl groups is 1. The van der Waals surface area contributed by atoms with E-state index in [4.69, 9.17) is 0 Å². The molecule has 0 radical (unpaired) electrons. The predicted molar refractivity (Wildman–Crippen MR) is 138 cm³/mol. The molecule has 0 aliphatic rings. The number of carboxylic acids is 1. The Morgan fingerprint density at radius 2 is 1.61 bits per heavy atom. The number of hydrogen-bond acceptors (Lipinski definition) is 5. The maximum Gasteiger partial charge on any atom is 0.326 e. The van der Waals surface area contributed by atoms with Crippen LogP contribution in [-0.2, 0) is 25.6 Å². The lowest BCUT2D eigenvalue weighted by Gasteiger charge is -2.28. The molecule has 0 aliphatic heterocycles. The van der Waals surface area contributed by atoms with Gasteiger partial charge in [0, 0.05) is 17.9 Å². The van der Waals surface area contributed by atoms with Gasteiger partial charge >= 0.3 is 5.97 Å². The molecule has 1 rings (SSSR count). The van der Waals surface area contributed by atoms with Crippen molar-refractivity contribution in [3.05, 3.63) is 35.9 Å². The summed E-state index contributed by atoms with van der Waals surface area (Å²) >= 11 is 0. The summed E-state index contributed by atoms with van der Waals surface area (Å²) in [5.41, 5.74) is 0.0524. The summed E-state index contributed by atoms with van der Waals surface area (Å²) in [6.07, 6.45) is -0.573. The van der Waals surface area contributed by atoms with Crippen molar-refractivity contribution in [1.82, 2.24) is 16.0 Å². The van der Waals surface area contributed by atoms with Crippen molar-refractivity contribution in [1.29, 1.82) is 0 Å². The van der Waals surface area contributed by atoms with Crippen molar-refractivity contribution in [2.24, 2.45) is 17.3 Å². The SMILES string of the molecule is CC[C@H](C[C@H](O)[C@H](Cc1ccccc1)NC(=O)C[C@H](NC(=O)C(C)(C)C)C(=O)O)C(=O)NCC(C)C. The Morgan fingerprint density at radius 1 is 1.00 bits per heavy atom. The molecule has 1 aromatic carbocycles. The number of carbonyl (C=O) groups is 4. The Labute approximate surface area is 214 Å². The second-order valence-electron chi connectivity index (χ2n) is 10.7. The molecule has 202 valence electrons. The number of hydrogen-bond donors (Lipinski definition) is 5. The molecule has 0 unspecified atom stereocenters. The zero-order chi connectivity index (χ0) is 27.5. The van der Waals surface area contributed by atoms with Gasteiger partial charge in [-0.15, -0.1) is 0 Å². The number of carbonyl (C=O) groups excluding carboxylic acids is 3. The molecular weight excluding hydrogens is 462 g/mol. The molecule has 0 bridgehead atoms. The van der Waals surface area contributed by atoms with Crippen LogP contribution in [0.5, 0.6) is 0 Å². The second kappa shape index (κ2) is 14.6. The van der Waals surface area contributed by atoms with Gasteiger partial charge in [-0.05, 0) is 30.7 Å². The van der Waals surface area contributed by atoms with Gasteiger partial charge in [-0.1, -0.05) is 71.9 Å². The van der Waals surface area contributed by atoms with Gasteiger partial charge in [-0.25, -0.2) is 4.79 Å². The van der Waals surface area contributed by atoms with Crippen LogP contribution in [0.2, 0.25) is 0 Å². The van der Waals surface area contributed by atoms with Crippen molar-refractivity contribution >= 4 is 23.7 Å². The third-order valence-electron chi connectivity index (χ3n) is 5.86. The van der Waals surface area contributed by atoms with E-state index < -0.39 is 53.7 Å². The Bertz CT molecular complexity index is 866. The number of aliphatic carboxylic acids is 1.